The highest BCUT2D eigenvalue weighted by atomic mass is 32.2. The molecule has 128 valence electrons. The molecule has 0 saturated heterocycles. The lowest BCUT2D eigenvalue weighted by molar-refractivity contribution is -0.119. The summed E-state index contributed by atoms with van der Waals surface area (Å²) >= 11 is 1.53. The van der Waals surface area contributed by atoms with Gasteiger partial charge in [0.05, 0.1) is 17.1 Å². The number of para-hydroxylation sites is 1. The van der Waals surface area contributed by atoms with E-state index < -0.39 is 0 Å². The molecule has 1 atom stereocenters. The van der Waals surface area contributed by atoms with E-state index in [1.807, 2.05) is 47.9 Å². The highest BCUT2D eigenvalue weighted by molar-refractivity contribution is 8.00. The predicted octanol–water partition coefficient (Wildman–Crippen LogP) is 4.44. The molecule has 5 nitrogen and oxygen atoms in total. The molecule has 1 aliphatic carbocycles. The van der Waals surface area contributed by atoms with Crippen molar-refractivity contribution in [1.82, 2.24) is 14.8 Å². The van der Waals surface area contributed by atoms with Crippen molar-refractivity contribution < 1.29 is 9.21 Å². The van der Waals surface area contributed by atoms with Crippen LogP contribution in [0.4, 0.5) is 0 Å². The third kappa shape index (κ3) is 3.14. The fourth-order valence-corrected chi connectivity index (χ4v) is 4.32. The molecule has 2 heterocycles. The molecule has 1 fully saturated rings. The van der Waals surface area contributed by atoms with Crippen LogP contribution in [0, 0.1) is 6.92 Å². The van der Waals surface area contributed by atoms with Crippen LogP contribution in [0.5, 0.6) is 0 Å². The Hall–Kier alpha value is -2.34. The molecule has 6 heteroatoms. The normalized spacial score (nSPS) is 17.8. The number of Topliss-reactive ketones (excluding diaryl/α,β-unsaturated/α-hetero) is 1. The van der Waals surface area contributed by atoms with Crippen LogP contribution in [0.3, 0.4) is 0 Å². The maximum Gasteiger partial charge on any atom is 0.196 e. The Bertz CT molecular complexity index is 885. The van der Waals surface area contributed by atoms with Gasteiger partial charge in [0.25, 0.3) is 0 Å². The van der Waals surface area contributed by atoms with Gasteiger partial charge in [-0.3, -0.25) is 9.36 Å². The molecule has 1 aromatic carbocycles. The first-order valence-corrected chi connectivity index (χ1v) is 9.36. The zero-order valence-electron chi connectivity index (χ0n) is 14.0. The van der Waals surface area contributed by atoms with Crippen molar-refractivity contribution in [3.63, 3.8) is 0 Å². The van der Waals surface area contributed by atoms with Crippen molar-refractivity contribution in [3.8, 4) is 17.1 Å². The third-order valence-electron chi connectivity index (χ3n) is 4.49. The molecule has 4 rings (SSSR count). The van der Waals surface area contributed by atoms with E-state index in [9.17, 15) is 4.79 Å². The Labute approximate surface area is 150 Å². The third-order valence-corrected chi connectivity index (χ3v) is 5.75. The number of benzene rings is 1. The molecular weight excluding hydrogens is 334 g/mol. The molecule has 25 heavy (non-hydrogen) atoms. The van der Waals surface area contributed by atoms with Gasteiger partial charge in [0, 0.05) is 12.1 Å². The lowest BCUT2D eigenvalue weighted by Crippen LogP contribution is -2.21. The molecular formula is C19H19N3O2S. The van der Waals surface area contributed by atoms with E-state index in [0.717, 1.165) is 47.3 Å². The number of carbonyl (C=O) groups is 1. The molecule has 0 amide bonds. The Morgan fingerprint density at radius 2 is 2.00 bits per heavy atom. The zero-order valence-corrected chi connectivity index (χ0v) is 14.8. The van der Waals surface area contributed by atoms with Crippen LogP contribution in [0.2, 0.25) is 0 Å². The average Bonchev–Trinajstić information content (AvgIpc) is 3.23. The Balaban J connectivity index is 1.78. The van der Waals surface area contributed by atoms with Gasteiger partial charge in [-0.25, -0.2) is 0 Å². The van der Waals surface area contributed by atoms with Crippen molar-refractivity contribution in [2.75, 3.05) is 0 Å². The summed E-state index contributed by atoms with van der Waals surface area (Å²) in [5.41, 5.74) is 1.90. The minimum Gasteiger partial charge on any atom is -0.469 e. The van der Waals surface area contributed by atoms with E-state index in [1.54, 1.807) is 6.26 Å². The number of rotatable bonds is 4. The average molecular weight is 353 g/mol. The minimum atomic E-state index is -0.0290. The molecule has 0 aliphatic heterocycles. The number of nitrogens with zero attached hydrogens (tertiary/aromatic N) is 3. The number of aryl methyl sites for hydroxylation is 1. The van der Waals surface area contributed by atoms with E-state index in [4.69, 9.17) is 4.42 Å². The smallest absolute Gasteiger partial charge is 0.196 e. The van der Waals surface area contributed by atoms with E-state index >= 15 is 0 Å². The second-order valence-electron chi connectivity index (χ2n) is 6.19. The largest absolute Gasteiger partial charge is 0.469 e. The first-order valence-electron chi connectivity index (χ1n) is 8.48. The quantitative estimate of drug-likeness (QED) is 0.694. The predicted molar refractivity (Wildman–Crippen MR) is 96.9 cm³/mol. The van der Waals surface area contributed by atoms with Crippen LogP contribution in [0.1, 0.15) is 31.4 Å². The van der Waals surface area contributed by atoms with Crippen LogP contribution >= 0.6 is 11.8 Å². The molecule has 2 aromatic heterocycles. The second-order valence-corrected chi connectivity index (χ2v) is 7.36. The van der Waals surface area contributed by atoms with Crippen LogP contribution in [-0.2, 0) is 4.79 Å². The molecule has 0 radical (unpaired) electrons. The second kappa shape index (κ2) is 6.88. The van der Waals surface area contributed by atoms with Gasteiger partial charge in [0.2, 0.25) is 0 Å². The van der Waals surface area contributed by atoms with Crippen molar-refractivity contribution in [2.45, 2.75) is 43.0 Å². The highest BCUT2D eigenvalue weighted by Gasteiger charge is 2.27. The van der Waals surface area contributed by atoms with Gasteiger partial charge < -0.3 is 4.42 Å². The van der Waals surface area contributed by atoms with Crippen LogP contribution in [0.25, 0.3) is 17.1 Å². The van der Waals surface area contributed by atoms with Crippen molar-refractivity contribution in [3.05, 3.63) is 48.4 Å². The first kappa shape index (κ1) is 16.1. The molecule has 0 unspecified atom stereocenters. The number of ketones is 1. The number of hydrogen-bond donors (Lipinski definition) is 0. The Morgan fingerprint density at radius 3 is 2.72 bits per heavy atom. The zero-order chi connectivity index (χ0) is 17.2. The van der Waals surface area contributed by atoms with Gasteiger partial charge in [-0.05, 0) is 38.0 Å². The molecule has 0 N–H and O–H groups in total. The van der Waals surface area contributed by atoms with Gasteiger partial charge in [0.15, 0.2) is 11.0 Å². The van der Waals surface area contributed by atoms with Crippen molar-refractivity contribution >= 4 is 17.5 Å². The van der Waals surface area contributed by atoms with Crippen LogP contribution in [-0.4, -0.2) is 25.8 Å². The summed E-state index contributed by atoms with van der Waals surface area (Å²) in [6, 6.07) is 11.9. The maximum absolute atomic E-state index is 12.2. The monoisotopic (exact) mass is 353 g/mol. The Kier molecular flexibility index (Phi) is 4.44. The lowest BCUT2D eigenvalue weighted by atomic mass is 9.99. The SMILES string of the molecule is Cc1occc1-c1nnc(S[C@H]2CCCCC2=O)n1-c1ccccc1. The first-order chi connectivity index (χ1) is 12.2. The fourth-order valence-electron chi connectivity index (χ4n) is 3.15. The van der Waals surface area contributed by atoms with Crippen molar-refractivity contribution in [2.24, 2.45) is 0 Å². The van der Waals surface area contributed by atoms with E-state index in [-0.39, 0.29) is 5.25 Å². The van der Waals surface area contributed by atoms with Gasteiger partial charge in [-0.2, -0.15) is 0 Å². The van der Waals surface area contributed by atoms with Gasteiger partial charge in [-0.1, -0.05) is 36.4 Å². The van der Waals surface area contributed by atoms with Gasteiger partial charge in [0.1, 0.15) is 11.5 Å². The number of aromatic nitrogens is 3. The number of hydrogen-bond acceptors (Lipinski definition) is 5. The van der Waals surface area contributed by atoms with E-state index in [0.29, 0.717) is 12.2 Å². The summed E-state index contributed by atoms with van der Waals surface area (Å²) in [5.74, 6) is 1.86. The minimum absolute atomic E-state index is 0.0290. The summed E-state index contributed by atoms with van der Waals surface area (Å²) in [6.45, 7) is 1.91. The number of carbonyl (C=O) groups excluding carboxylic acids is 1. The van der Waals surface area contributed by atoms with Gasteiger partial charge in [-0.15, -0.1) is 10.2 Å². The number of thioether (sulfide) groups is 1. The molecule has 0 bridgehead atoms. The fraction of sp³-hybridized carbons (Fsp3) is 0.316. The summed E-state index contributed by atoms with van der Waals surface area (Å²) < 4.78 is 7.46. The number of furan rings is 1. The summed E-state index contributed by atoms with van der Waals surface area (Å²) in [5, 5.41) is 9.53. The molecule has 1 aliphatic rings. The lowest BCUT2D eigenvalue weighted by Gasteiger charge is -2.19. The highest BCUT2D eigenvalue weighted by Crippen LogP contribution is 2.35. The topological polar surface area (TPSA) is 60.9 Å². The molecule has 1 saturated carbocycles. The summed E-state index contributed by atoms with van der Waals surface area (Å²) in [7, 11) is 0. The van der Waals surface area contributed by atoms with Crippen LogP contribution in [0.15, 0.2) is 52.2 Å². The Morgan fingerprint density at radius 1 is 1.16 bits per heavy atom. The van der Waals surface area contributed by atoms with Crippen LogP contribution < -0.4 is 0 Å². The van der Waals surface area contributed by atoms with Crippen molar-refractivity contribution in [1.29, 1.82) is 0 Å². The maximum atomic E-state index is 12.2. The summed E-state index contributed by atoms with van der Waals surface area (Å²) in [4.78, 5) is 12.2. The van der Waals surface area contributed by atoms with Gasteiger partial charge >= 0.3 is 0 Å². The molecule has 0 spiro atoms. The van der Waals surface area contributed by atoms with E-state index in [1.165, 1.54) is 11.8 Å². The standard InChI is InChI=1S/C19H19N3O2S/c1-13-15(11-12-24-13)18-20-21-19(22(18)14-7-3-2-4-8-14)25-17-10-6-5-9-16(17)23/h2-4,7-8,11-12,17H,5-6,9-10H2,1H3/t17-/m0/s1. The van der Waals surface area contributed by atoms with E-state index in [2.05, 4.69) is 10.2 Å². The summed E-state index contributed by atoms with van der Waals surface area (Å²) in [6.07, 6.45) is 5.33. The molecule has 3 aromatic rings.